The molecule has 0 atom stereocenters. The van der Waals surface area contributed by atoms with Crippen LogP contribution in [0.15, 0.2) is 40.9 Å². The zero-order valence-corrected chi connectivity index (χ0v) is 7.81. The van der Waals surface area contributed by atoms with E-state index >= 15 is 0 Å². The fourth-order valence-electron chi connectivity index (χ4n) is 1.29. The molecule has 0 bridgehead atoms. The van der Waals surface area contributed by atoms with Gasteiger partial charge in [-0.05, 0) is 5.56 Å². The van der Waals surface area contributed by atoms with Crippen LogP contribution in [0.2, 0.25) is 0 Å². The average Bonchev–Trinajstić information content (AvgIpc) is 2.67. The lowest BCUT2D eigenvalue weighted by Crippen LogP contribution is -1.93. The Bertz CT molecular complexity index is 395. The van der Waals surface area contributed by atoms with Crippen molar-refractivity contribution < 1.29 is 4.42 Å². The number of hydrogen-bond donors (Lipinski definition) is 1. The van der Waals surface area contributed by atoms with Gasteiger partial charge < -0.3 is 10.2 Å². The summed E-state index contributed by atoms with van der Waals surface area (Å²) in [5.74, 6) is 1.45. The van der Waals surface area contributed by atoms with Gasteiger partial charge in [-0.2, -0.15) is 0 Å². The van der Waals surface area contributed by atoms with Crippen molar-refractivity contribution in [3.05, 3.63) is 53.7 Å². The summed E-state index contributed by atoms with van der Waals surface area (Å²) in [5.41, 5.74) is 6.62. The van der Waals surface area contributed by atoms with Crippen LogP contribution in [0.4, 0.5) is 0 Å². The van der Waals surface area contributed by atoms with Crippen molar-refractivity contribution >= 4 is 0 Å². The summed E-state index contributed by atoms with van der Waals surface area (Å²) in [6.07, 6.45) is 2.40. The monoisotopic (exact) mass is 188 g/mol. The van der Waals surface area contributed by atoms with Crippen LogP contribution in [-0.2, 0) is 13.0 Å². The number of rotatable bonds is 3. The van der Waals surface area contributed by atoms with Gasteiger partial charge in [-0.1, -0.05) is 30.3 Å². The van der Waals surface area contributed by atoms with Gasteiger partial charge in [0.1, 0.15) is 5.76 Å². The van der Waals surface area contributed by atoms with E-state index in [0.717, 1.165) is 18.1 Å². The van der Waals surface area contributed by atoms with Gasteiger partial charge in [0, 0.05) is 6.42 Å². The van der Waals surface area contributed by atoms with Crippen molar-refractivity contribution in [3.8, 4) is 0 Å². The lowest BCUT2D eigenvalue weighted by atomic mass is 10.2. The van der Waals surface area contributed by atoms with E-state index < -0.39 is 0 Å². The van der Waals surface area contributed by atoms with Gasteiger partial charge in [0.05, 0.1) is 12.7 Å². The van der Waals surface area contributed by atoms with Gasteiger partial charge in [0.2, 0.25) is 0 Å². The highest BCUT2D eigenvalue weighted by molar-refractivity contribution is 5.18. The predicted molar refractivity (Wildman–Crippen MR) is 53.6 cm³/mol. The quantitative estimate of drug-likeness (QED) is 0.798. The molecule has 0 saturated heterocycles. The molecule has 0 amide bonds. The number of oxazole rings is 1. The van der Waals surface area contributed by atoms with Crippen LogP contribution < -0.4 is 5.73 Å². The molecule has 0 fully saturated rings. The van der Waals surface area contributed by atoms with Crippen LogP contribution in [0.25, 0.3) is 0 Å². The number of aromatic nitrogens is 1. The molecule has 2 aromatic rings. The highest BCUT2D eigenvalue weighted by atomic mass is 16.4. The van der Waals surface area contributed by atoms with E-state index in [-0.39, 0.29) is 0 Å². The Morgan fingerprint density at radius 1 is 1.21 bits per heavy atom. The Morgan fingerprint density at radius 2 is 2.00 bits per heavy atom. The fourth-order valence-corrected chi connectivity index (χ4v) is 1.29. The summed E-state index contributed by atoms with van der Waals surface area (Å²) >= 11 is 0. The molecule has 0 radical (unpaired) electrons. The van der Waals surface area contributed by atoms with E-state index in [0.29, 0.717) is 6.54 Å². The van der Waals surface area contributed by atoms with E-state index in [1.807, 2.05) is 30.3 Å². The van der Waals surface area contributed by atoms with Crippen LogP contribution >= 0.6 is 0 Å². The molecule has 0 unspecified atom stereocenters. The second-order valence-corrected chi connectivity index (χ2v) is 3.09. The Morgan fingerprint density at radius 3 is 2.64 bits per heavy atom. The highest BCUT2D eigenvalue weighted by Crippen LogP contribution is 2.09. The molecule has 72 valence electrons. The molecule has 0 spiro atoms. The van der Waals surface area contributed by atoms with Crippen molar-refractivity contribution in [3.63, 3.8) is 0 Å². The van der Waals surface area contributed by atoms with Gasteiger partial charge in [0.25, 0.3) is 0 Å². The molecule has 1 aromatic carbocycles. The van der Waals surface area contributed by atoms with Crippen LogP contribution in [-0.4, -0.2) is 4.98 Å². The zero-order chi connectivity index (χ0) is 9.80. The summed E-state index contributed by atoms with van der Waals surface area (Å²) in [7, 11) is 0. The summed E-state index contributed by atoms with van der Waals surface area (Å²) in [5, 5.41) is 0. The largest absolute Gasteiger partial charge is 0.444 e. The first kappa shape index (κ1) is 8.97. The first-order chi connectivity index (χ1) is 6.88. The average molecular weight is 188 g/mol. The fraction of sp³-hybridized carbons (Fsp3) is 0.182. The van der Waals surface area contributed by atoms with Gasteiger partial charge in [0.15, 0.2) is 5.89 Å². The van der Waals surface area contributed by atoms with Crippen LogP contribution in [0.5, 0.6) is 0 Å². The Kier molecular flexibility index (Phi) is 2.60. The Balaban J connectivity index is 2.11. The van der Waals surface area contributed by atoms with Crippen LogP contribution in [0, 0.1) is 0 Å². The SMILES string of the molecule is NCc1cnc(Cc2ccccc2)o1. The maximum Gasteiger partial charge on any atom is 0.198 e. The van der Waals surface area contributed by atoms with Crippen molar-refractivity contribution in [1.29, 1.82) is 0 Å². The van der Waals surface area contributed by atoms with E-state index in [4.69, 9.17) is 10.2 Å². The minimum Gasteiger partial charge on any atom is -0.444 e. The third-order valence-electron chi connectivity index (χ3n) is 2.00. The molecule has 2 rings (SSSR count). The van der Waals surface area contributed by atoms with Gasteiger partial charge in [-0.25, -0.2) is 4.98 Å². The number of nitrogens with two attached hydrogens (primary N) is 1. The molecule has 1 aromatic heterocycles. The molecule has 0 aliphatic rings. The van der Waals surface area contributed by atoms with Crippen molar-refractivity contribution in [2.24, 2.45) is 5.73 Å². The van der Waals surface area contributed by atoms with E-state index in [1.165, 1.54) is 5.56 Å². The van der Waals surface area contributed by atoms with E-state index in [9.17, 15) is 0 Å². The highest BCUT2D eigenvalue weighted by Gasteiger charge is 2.02. The number of hydrogen-bond acceptors (Lipinski definition) is 3. The first-order valence-corrected chi connectivity index (χ1v) is 4.56. The molecule has 0 aliphatic carbocycles. The normalized spacial score (nSPS) is 10.4. The first-order valence-electron chi connectivity index (χ1n) is 4.56. The third kappa shape index (κ3) is 2.00. The minimum atomic E-state index is 0.405. The summed E-state index contributed by atoms with van der Waals surface area (Å²) in [6, 6.07) is 10.1. The summed E-state index contributed by atoms with van der Waals surface area (Å²) < 4.78 is 5.40. The van der Waals surface area contributed by atoms with E-state index in [1.54, 1.807) is 6.20 Å². The smallest absolute Gasteiger partial charge is 0.198 e. The van der Waals surface area contributed by atoms with Crippen molar-refractivity contribution in [2.75, 3.05) is 0 Å². The van der Waals surface area contributed by atoms with Crippen LogP contribution in [0.3, 0.4) is 0 Å². The van der Waals surface area contributed by atoms with Crippen LogP contribution in [0.1, 0.15) is 17.2 Å². The number of nitrogens with zero attached hydrogens (tertiary/aromatic N) is 1. The maximum absolute atomic E-state index is 5.42. The molecule has 1 heterocycles. The summed E-state index contributed by atoms with van der Waals surface area (Å²) in [4.78, 5) is 4.14. The van der Waals surface area contributed by atoms with Crippen molar-refractivity contribution in [1.82, 2.24) is 4.98 Å². The molecule has 0 aliphatic heterocycles. The molecule has 14 heavy (non-hydrogen) atoms. The Labute approximate surface area is 82.6 Å². The topological polar surface area (TPSA) is 52.0 Å². The molecular weight excluding hydrogens is 176 g/mol. The van der Waals surface area contributed by atoms with Gasteiger partial charge >= 0.3 is 0 Å². The lowest BCUT2D eigenvalue weighted by molar-refractivity contribution is 0.465. The van der Waals surface area contributed by atoms with Crippen molar-refractivity contribution in [2.45, 2.75) is 13.0 Å². The predicted octanol–water partition coefficient (Wildman–Crippen LogP) is 1.72. The third-order valence-corrected chi connectivity index (χ3v) is 2.00. The summed E-state index contributed by atoms with van der Waals surface area (Å²) in [6.45, 7) is 0.405. The van der Waals surface area contributed by atoms with Gasteiger partial charge in [-0.3, -0.25) is 0 Å². The molecular formula is C11H12N2O. The maximum atomic E-state index is 5.42. The molecule has 0 saturated carbocycles. The lowest BCUT2D eigenvalue weighted by Gasteiger charge is -1.95. The molecule has 2 N–H and O–H groups in total. The zero-order valence-electron chi connectivity index (χ0n) is 7.81. The molecule has 3 nitrogen and oxygen atoms in total. The molecule has 3 heteroatoms. The standard InChI is InChI=1S/C11H12N2O/c12-7-10-8-13-11(14-10)6-9-4-2-1-3-5-9/h1-5,8H,6-7,12H2. The minimum absolute atomic E-state index is 0.405. The Hall–Kier alpha value is -1.61. The van der Waals surface area contributed by atoms with E-state index in [2.05, 4.69) is 4.98 Å². The van der Waals surface area contributed by atoms with Gasteiger partial charge in [-0.15, -0.1) is 0 Å². The second kappa shape index (κ2) is 4.07. The second-order valence-electron chi connectivity index (χ2n) is 3.09. The number of benzene rings is 1.